The molecule has 0 spiro atoms. The summed E-state index contributed by atoms with van der Waals surface area (Å²) in [6.45, 7) is 2.04. The van der Waals surface area contributed by atoms with Crippen LogP contribution in [0.3, 0.4) is 0 Å². The van der Waals surface area contributed by atoms with E-state index in [2.05, 4.69) is 27.4 Å². The standard InChI is InChI=1S/C25H28N4O6S/c1-15-20(13-36-25-26-14-27-29-25)34-24(35-23(15)17-7-5-16(12-30)6-8-17)18-3-2-4-19(11-18)28-21(31)9-10-22(32)33/h2-8,11,14-15,20,23-24,30H,9-10,12-13H2,1H3,(H,28,31)(H,32,33)(H,26,27,29)/t15-,20+,23+,24+/m1/s1. The number of ether oxygens (including phenoxy) is 2. The highest BCUT2D eigenvalue weighted by Crippen LogP contribution is 2.43. The molecule has 190 valence electrons. The lowest BCUT2D eigenvalue weighted by Gasteiger charge is -2.41. The fourth-order valence-corrected chi connectivity index (χ4v) is 4.88. The number of carboxylic acid groups (broad SMARTS) is 1. The summed E-state index contributed by atoms with van der Waals surface area (Å²) in [5, 5.41) is 28.4. The molecule has 0 radical (unpaired) electrons. The van der Waals surface area contributed by atoms with Crippen LogP contribution in [0.15, 0.2) is 60.0 Å². The molecular formula is C25H28N4O6S. The zero-order chi connectivity index (χ0) is 25.5. The zero-order valence-electron chi connectivity index (χ0n) is 19.7. The monoisotopic (exact) mass is 512 g/mol. The van der Waals surface area contributed by atoms with E-state index >= 15 is 0 Å². The predicted octanol–water partition coefficient (Wildman–Crippen LogP) is 3.68. The Bertz CT molecular complexity index is 1160. The van der Waals surface area contributed by atoms with Crippen LogP contribution < -0.4 is 5.32 Å². The van der Waals surface area contributed by atoms with Crippen LogP contribution in [-0.4, -0.2) is 49.1 Å². The zero-order valence-corrected chi connectivity index (χ0v) is 20.5. The van der Waals surface area contributed by atoms with Crippen molar-refractivity contribution in [1.82, 2.24) is 15.2 Å². The molecule has 0 unspecified atom stereocenters. The molecule has 4 rings (SSSR count). The predicted molar refractivity (Wildman–Crippen MR) is 132 cm³/mol. The number of benzene rings is 2. The minimum Gasteiger partial charge on any atom is -0.481 e. The fraction of sp³-hybridized carbons (Fsp3) is 0.360. The Balaban J connectivity index is 1.54. The number of aromatic amines is 1. The van der Waals surface area contributed by atoms with Gasteiger partial charge in [0.2, 0.25) is 5.91 Å². The van der Waals surface area contributed by atoms with Crippen LogP contribution in [0, 0.1) is 5.92 Å². The van der Waals surface area contributed by atoms with Gasteiger partial charge in [-0.05, 0) is 23.3 Å². The molecule has 1 amide bonds. The highest BCUT2D eigenvalue weighted by Gasteiger charge is 2.38. The number of amides is 1. The van der Waals surface area contributed by atoms with Crippen LogP contribution in [0.25, 0.3) is 0 Å². The number of thioether (sulfide) groups is 1. The number of aliphatic hydroxyl groups is 1. The van der Waals surface area contributed by atoms with E-state index in [0.29, 0.717) is 16.6 Å². The first-order valence-corrected chi connectivity index (χ1v) is 12.5. The molecule has 1 aliphatic heterocycles. The number of hydrogen-bond donors (Lipinski definition) is 4. The first-order chi connectivity index (χ1) is 17.4. The van der Waals surface area contributed by atoms with Crippen molar-refractivity contribution >= 4 is 29.3 Å². The molecule has 4 N–H and O–H groups in total. The van der Waals surface area contributed by atoms with E-state index in [9.17, 15) is 14.7 Å². The van der Waals surface area contributed by atoms with Gasteiger partial charge in [0.1, 0.15) is 6.33 Å². The summed E-state index contributed by atoms with van der Waals surface area (Å²) >= 11 is 1.51. The van der Waals surface area contributed by atoms with Gasteiger partial charge < -0.3 is 25.0 Å². The molecule has 1 aliphatic rings. The molecule has 1 aromatic heterocycles. The number of carboxylic acids is 1. The molecule has 2 aromatic carbocycles. The van der Waals surface area contributed by atoms with Crippen molar-refractivity contribution in [2.75, 3.05) is 11.1 Å². The van der Waals surface area contributed by atoms with Gasteiger partial charge in [0.15, 0.2) is 11.4 Å². The van der Waals surface area contributed by atoms with Crippen molar-refractivity contribution in [3.05, 3.63) is 71.5 Å². The van der Waals surface area contributed by atoms with Crippen molar-refractivity contribution in [3.8, 4) is 0 Å². The van der Waals surface area contributed by atoms with Crippen molar-refractivity contribution in [3.63, 3.8) is 0 Å². The molecule has 36 heavy (non-hydrogen) atoms. The number of nitrogens with one attached hydrogen (secondary N) is 2. The summed E-state index contributed by atoms with van der Waals surface area (Å²) in [6.07, 6.45) is -0.0399. The minimum absolute atomic E-state index is 0.00977. The van der Waals surface area contributed by atoms with Crippen molar-refractivity contribution in [2.45, 2.75) is 50.0 Å². The summed E-state index contributed by atoms with van der Waals surface area (Å²) < 4.78 is 12.8. The van der Waals surface area contributed by atoms with Crippen LogP contribution in [0.2, 0.25) is 0 Å². The van der Waals surface area contributed by atoms with Crippen molar-refractivity contribution in [1.29, 1.82) is 0 Å². The Morgan fingerprint density at radius 2 is 1.92 bits per heavy atom. The average Bonchev–Trinajstić information content (AvgIpc) is 3.41. The lowest BCUT2D eigenvalue weighted by molar-refractivity contribution is -0.268. The number of hydrogen-bond acceptors (Lipinski definition) is 8. The normalized spacial score (nSPS) is 21.7. The Kier molecular flexibility index (Phi) is 8.70. The third-order valence-corrected chi connectivity index (χ3v) is 6.87. The van der Waals surface area contributed by atoms with Gasteiger partial charge in [-0.25, -0.2) is 4.98 Å². The van der Waals surface area contributed by atoms with E-state index in [4.69, 9.17) is 14.6 Å². The largest absolute Gasteiger partial charge is 0.481 e. The van der Waals surface area contributed by atoms with Crippen LogP contribution in [0.1, 0.15) is 48.8 Å². The van der Waals surface area contributed by atoms with Crippen LogP contribution >= 0.6 is 11.8 Å². The topological polar surface area (TPSA) is 147 Å². The van der Waals surface area contributed by atoms with E-state index in [0.717, 1.165) is 16.7 Å². The van der Waals surface area contributed by atoms with Crippen molar-refractivity contribution in [2.24, 2.45) is 5.92 Å². The smallest absolute Gasteiger partial charge is 0.303 e. The molecule has 3 aromatic rings. The van der Waals surface area contributed by atoms with Gasteiger partial charge in [-0.1, -0.05) is 55.1 Å². The van der Waals surface area contributed by atoms with E-state index < -0.39 is 12.3 Å². The second-order valence-corrected chi connectivity index (χ2v) is 9.50. The molecular weight excluding hydrogens is 484 g/mol. The Morgan fingerprint density at radius 1 is 1.11 bits per heavy atom. The highest BCUT2D eigenvalue weighted by atomic mass is 32.2. The summed E-state index contributed by atoms with van der Waals surface area (Å²) in [5.41, 5.74) is 3.05. The van der Waals surface area contributed by atoms with E-state index in [1.807, 2.05) is 30.3 Å². The van der Waals surface area contributed by atoms with E-state index in [-0.39, 0.29) is 43.5 Å². The Morgan fingerprint density at radius 3 is 2.61 bits per heavy atom. The van der Waals surface area contributed by atoms with Crippen LogP contribution in [-0.2, 0) is 25.7 Å². The van der Waals surface area contributed by atoms with Gasteiger partial charge >= 0.3 is 5.97 Å². The van der Waals surface area contributed by atoms with E-state index in [1.54, 1.807) is 18.2 Å². The number of nitrogens with zero attached hydrogens (tertiary/aromatic N) is 2. The third-order valence-electron chi connectivity index (χ3n) is 5.91. The van der Waals surface area contributed by atoms with Gasteiger partial charge in [-0.3, -0.25) is 14.7 Å². The SMILES string of the molecule is C[C@@H]1[C@H](CSc2ncn[nH]2)O[C@H](c2cccc(NC(=O)CCC(=O)O)c2)O[C@@H]1c1ccc(CO)cc1. The molecule has 1 saturated heterocycles. The van der Waals surface area contributed by atoms with Gasteiger partial charge in [-0.15, -0.1) is 0 Å². The maximum Gasteiger partial charge on any atom is 0.303 e. The first kappa shape index (κ1) is 25.8. The van der Waals surface area contributed by atoms with Crippen molar-refractivity contribution < 1.29 is 29.3 Å². The number of aliphatic carboxylic acids is 1. The summed E-state index contributed by atoms with van der Waals surface area (Å²) in [5.74, 6) is -0.774. The number of aliphatic hydroxyl groups excluding tert-OH is 1. The summed E-state index contributed by atoms with van der Waals surface area (Å²) in [4.78, 5) is 27.0. The number of H-pyrrole nitrogens is 1. The molecule has 0 bridgehead atoms. The molecule has 10 nitrogen and oxygen atoms in total. The lowest BCUT2D eigenvalue weighted by Crippen LogP contribution is -2.38. The molecule has 11 heteroatoms. The summed E-state index contributed by atoms with van der Waals surface area (Å²) in [7, 11) is 0. The number of anilines is 1. The molecule has 0 saturated carbocycles. The second-order valence-electron chi connectivity index (χ2n) is 8.49. The Labute approximate surface area is 212 Å². The first-order valence-electron chi connectivity index (χ1n) is 11.5. The minimum atomic E-state index is -1.02. The average molecular weight is 513 g/mol. The Hall–Kier alpha value is -3.25. The van der Waals surface area contributed by atoms with Gasteiger partial charge in [-0.2, -0.15) is 5.10 Å². The maximum absolute atomic E-state index is 12.1. The van der Waals surface area contributed by atoms with Crippen LogP contribution in [0.4, 0.5) is 5.69 Å². The van der Waals surface area contributed by atoms with Gasteiger partial charge in [0.25, 0.3) is 0 Å². The third kappa shape index (κ3) is 6.70. The fourth-order valence-electron chi connectivity index (χ4n) is 3.94. The molecule has 2 heterocycles. The highest BCUT2D eigenvalue weighted by molar-refractivity contribution is 7.99. The lowest BCUT2D eigenvalue weighted by atomic mass is 9.91. The van der Waals surface area contributed by atoms with Gasteiger partial charge in [0, 0.05) is 29.3 Å². The quantitative estimate of drug-likeness (QED) is 0.299. The van der Waals surface area contributed by atoms with Gasteiger partial charge in [0.05, 0.1) is 25.2 Å². The number of carbonyl (C=O) groups excluding carboxylic acids is 1. The molecule has 0 aliphatic carbocycles. The molecule has 1 fully saturated rings. The van der Waals surface area contributed by atoms with Crippen LogP contribution in [0.5, 0.6) is 0 Å². The number of rotatable bonds is 10. The number of aromatic nitrogens is 3. The number of carbonyl (C=O) groups is 2. The second kappa shape index (κ2) is 12.1. The maximum atomic E-state index is 12.1. The summed E-state index contributed by atoms with van der Waals surface area (Å²) in [6, 6.07) is 14.8. The van der Waals surface area contributed by atoms with E-state index in [1.165, 1.54) is 18.1 Å². The molecule has 4 atom stereocenters.